The van der Waals surface area contributed by atoms with Gasteiger partial charge in [0, 0.05) is 11.4 Å². The average molecular weight is 487 g/mol. The van der Waals surface area contributed by atoms with Crippen molar-refractivity contribution in [1.82, 2.24) is 14.8 Å². The van der Waals surface area contributed by atoms with Crippen LogP contribution in [-0.2, 0) is 11.2 Å². The number of rotatable bonds is 10. The number of nitrogens with zero attached hydrogens (tertiary/aromatic N) is 3. The summed E-state index contributed by atoms with van der Waals surface area (Å²) in [6.45, 7) is 4.23. The fraction of sp³-hybridized carbons (Fsp3) is 0.250. The highest BCUT2D eigenvalue weighted by molar-refractivity contribution is 7.99. The van der Waals surface area contributed by atoms with Gasteiger partial charge in [-0.15, -0.1) is 10.2 Å². The van der Waals surface area contributed by atoms with Gasteiger partial charge in [0.25, 0.3) is 0 Å². The Balaban J connectivity index is 1.54. The summed E-state index contributed by atoms with van der Waals surface area (Å²) < 4.78 is 7.53. The van der Waals surface area contributed by atoms with Crippen molar-refractivity contribution in [3.05, 3.63) is 83.9 Å². The summed E-state index contributed by atoms with van der Waals surface area (Å²) in [6.07, 6.45) is 3.40. The Morgan fingerprint density at radius 2 is 1.74 bits per heavy atom. The predicted octanol–water partition coefficient (Wildman–Crippen LogP) is 6.32. The largest absolute Gasteiger partial charge is 0.496 e. The van der Waals surface area contributed by atoms with Crippen LogP contribution in [0.3, 0.4) is 0 Å². The maximum atomic E-state index is 12.7. The van der Waals surface area contributed by atoms with Crippen molar-refractivity contribution < 1.29 is 9.53 Å². The van der Waals surface area contributed by atoms with E-state index in [4.69, 9.17) is 4.74 Å². The molecule has 35 heavy (non-hydrogen) atoms. The zero-order chi connectivity index (χ0) is 24.6. The second-order valence-corrected chi connectivity index (χ2v) is 9.26. The molecule has 0 bridgehead atoms. The van der Waals surface area contributed by atoms with Crippen LogP contribution in [0.2, 0.25) is 0 Å². The Bertz CT molecular complexity index is 1270. The minimum absolute atomic E-state index is 0.0893. The molecular weight excluding hydrogens is 456 g/mol. The van der Waals surface area contributed by atoms with E-state index in [2.05, 4.69) is 34.6 Å². The zero-order valence-corrected chi connectivity index (χ0v) is 21.1. The first-order valence-electron chi connectivity index (χ1n) is 11.8. The maximum absolute atomic E-state index is 12.7. The molecule has 4 rings (SSSR count). The molecular formula is C28H30N4O2S. The van der Waals surface area contributed by atoms with Gasteiger partial charge in [-0.3, -0.25) is 9.36 Å². The first-order chi connectivity index (χ1) is 17.1. The molecule has 7 heteroatoms. The summed E-state index contributed by atoms with van der Waals surface area (Å²) in [5, 5.41) is 12.5. The van der Waals surface area contributed by atoms with Crippen LogP contribution in [0.4, 0.5) is 5.69 Å². The summed E-state index contributed by atoms with van der Waals surface area (Å²) in [5.41, 5.74) is 5.00. The van der Waals surface area contributed by atoms with Gasteiger partial charge in [0.2, 0.25) is 5.91 Å². The van der Waals surface area contributed by atoms with Crippen LogP contribution >= 0.6 is 11.8 Å². The molecule has 0 aliphatic carbocycles. The van der Waals surface area contributed by atoms with E-state index in [1.165, 1.54) is 30.2 Å². The van der Waals surface area contributed by atoms with E-state index in [0.29, 0.717) is 16.7 Å². The molecule has 0 aliphatic rings. The minimum Gasteiger partial charge on any atom is -0.496 e. The molecule has 4 aromatic rings. The summed E-state index contributed by atoms with van der Waals surface area (Å²) in [5.74, 6) is 1.50. The number of hydrogen-bond acceptors (Lipinski definition) is 5. The minimum atomic E-state index is -0.0893. The number of hydrogen-bond donors (Lipinski definition) is 1. The van der Waals surface area contributed by atoms with E-state index in [1.54, 1.807) is 7.11 Å². The van der Waals surface area contributed by atoms with Gasteiger partial charge in [0.1, 0.15) is 5.75 Å². The number of carbonyl (C=O) groups excluding carboxylic acids is 1. The van der Waals surface area contributed by atoms with Crippen LogP contribution in [-0.4, -0.2) is 33.5 Å². The van der Waals surface area contributed by atoms with Gasteiger partial charge in [-0.2, -0.15) is 0 Å². The van der Waals surface area contributed by atoms with Crippen molar-refractivity contribution >= 4 is 23.4 Å². The highest BCUT2D eigenvalue weighted by Gasteiger charge is 2.19. The molecule has 0 spiro atoms. The van der Waals surface area contributed by atoms with Gasteiger partial charge >= 0.3 is 0 Å². The van der Waals surface area contributed by atoms with Gasteiger partial charge in [0.15, 0.2) is 11.0 Å². The average Bonchev–Trinajstić information content (AvgIpc) is 3.31. The normalized spacial score (nSPS) is 10.8. The van der Waals surface area contributed by atoms with Crippen LogP contribution in [0.15, 0.2) is 78.0 Å². The lowest BCUT2D eigenvalue weighted by Gasteiger charge is -2.13. The van der Waals surface area contributed by atoms with E-state index in [0.717, 1.165) is 28.9 Å². The van der Waals surface area contributed by atoms with Crippen molar-refractivity contribution in [2.75, 3.05) is 18.2 Å². The topological polar surface area (TPSA) is 69.0 Å². The summed E-state index contributed by atoms with van der Waals surface area (Å²) >= 11 is 1.35. The third-order valence-electron chi connectivity index (χ3n) is 5.66. The van der Waals surface area contributed by atoms with Crippen molar-refractivity contribution in [2.24, 2.45) is 0 Å². The van der Waals surface area contributed by atoms with Crippen molar-refractivity contribution in [1.29, 1.82) is 0 Å². The smallest absolute Gasteiger partial charge is 0.234 e. The second kappa shape index (κ2) is 11.7. The summed E-state index contributed by atoms with van der Waals surface area (Å²) in [6, 6.07) is 24.0. The molecule has 0 radical (unpaired) electrons. The number of aryl methyl sites for hydroxylation is 2. The summed E-state index contributed by atoms with van der Waals surface area (Å²) in [7, 11) is 1.64. The number of ether oxygens (including phenoxy) is 1. The molecule has 0 aliphatic heterocycles. The predicted molar refractivity (Wildman–Crippen MR) is 142 cm³/mol. The number of amides is 1. The molecule has 1 heterocycles. The number of para-hydroxylation sites is 1. The maximum Gasteiger partial charge on any atom is 0.234 e. The number of unbranched alkanes of at least 4 members (excludes halogenated alkanes) is 1. The third kappa shape index (κ3) is 6.11. The molecule has 0 saturated heterocycles. The molecule has 0 fully saturated rings. The quantitative estimate of drug-likeness (QED) is 0.266. The number of benzene rings is 3. The number of anilines is 1. The van der Waals surface area contributed by atoms with Crippen LogP contribution in [0.25, 0.3) is 17.1 Å². The van der Waals surface area contributed by atoms with Gasteiger partial charge < -0.3 is 10.1 Å². The molecule has 0 unspecified atom stereocenters. The number of thioether (sulfide) groups is 1. The van der Waals surface area contributed by atoms with Crippen molar-refractivity contribution in [3.8, 4) is 22.8 Å². The molecule has 6 nitrogen and oxygen atoms in total. The first-order valence-corrected chi connectivity index (χ1v) is 12.7. The van der Waals surface area contributed by atoms with Crippen molar-refractivity contribution in [2.45, 2.75) is 38.3 Å². The van der Waals surface area contributed by atoms with Gasteiger partial charge in [-0.25, -0.2) is 0 Å². The Morgan fingerprint density at radius 1 is 1.00 bits per heavy atom. The number of nitrogens with one attached hydrogen (secondary N) is 1. The van der Waals surface area contributed by atoms with Gasteiger partial charge in [0.05, 0.1) is 18.4 Å². The SMILES string of the molecule is CCCCc1ccc(NC(=O)CSc2nnc(-c3ccccc3OC)n2-c2ccc(C)cc2)cc1. The van der Waals surface area contributed by atoms with E-state index in [9.17, 15) is 4.79 Å². The van der Waals surface area contributed by atoms with Crippen LogP contribution in [0.5, 0.6) is 5.75 Å². The molecule has 1 N–H and O–H groups in total. The Morgan fingerprint density at radius 3 is 2.46 bits per heavy atom. The van der Waals surface area contributed by atoms with Crippen molar-refractivity contribution in [3.63, 3.8) is 0 Å². The van der Waals surface area contributed by atoms with E-state index in [1.807, 2.05) is 72.2 Å². The Labute approximate surface area is 210 Å². The number of carbonyl (C=O) groups is 1. The molecule has 0 atom stereocenters. The third-order valence-corrected chi connectivity index (χ3v) is 6.59. The molecule has 1 amide bonds. The molecule has 0 saturated carbocycles. The van der Waals surface area contributed by atoms with Crippen LogP contribution in [0, 0.1) is 6.92 Å². The molecule has 180 valence electrons. The highest BCUT2D eigenvalue weighted by Crippen LogP contribution is 2.33. The number of methoxy groups -OCH3 is 1. The zero-order valence-electron chi connectivity index (χ0n) is 20.3. The molecule has 1 aromatic heterocycles. The monoisotopic (exact) mass is 486 g/mol. The highest BCUT2D eigenvalue weighted by atomic mass is 32.2. The fourth-order valence-corrected chi connectivity index (χ4v) is 4.51. The summed E-state index contributed by atoms with van der Waals surface area (Å²) in [4.78, 5) is 12.7. The van der Waals surface area contributed by atoms with Crippen LogP contribution in [0.1, 0.15) is 30.9 Å². The molecule has 3 aromatic carbocycles. The second-order valence-electron chi connectivity index (χ2n) is 8.31. The fourth-order valence-electron chi connectivity index (χ4n) is 3.76. The van der Waals surface area contributed by atoms with E-state index in [-0.39, 0.29) is 11.7 Å². The van der Waals surface area contributed by atoms with E-state index < -0.39 is 0 Å². The Kier molecular flexibility index (Phi) is 8.21. The van der Waals surface area contributed by atoms with Gasteiger partial charge in [-0.1, -0.05) is 67.1 Å². The number of aromatic nitrogens is 3. The Hall–Kier alpha value is -3.58. The van der Waals surface area contributed by atoms with Crippen LogP contribution < -0.4 is 10.1 Å². The van der Waals surface area contributed by atoms with E-state index >= 15 is 0 Å². The lowest BCUT2D eigenvalue weighted by atomic mass is 10.1. The van der Waals surface area contributed by atoms with Gasteiger partial charge in [-0.05, 0) is 61.7 Å². The standard InChI is InChI=1S/C28H30N4O2S/c1-4-5-8-21-13-15-22(16-14-21)29-26(33)19-35-28-31-30-27(24-9-6-7-10-25(24)34-3)32(28)23-17-11-20(2)12-18-23/h6-7,9-18H,4-5,8,19H2,1-3H3,(H,29,33). The lowest BCUT2D eigenvalue weighted by Crippen LogP contribution is -2.14. The first kappa shape index (κ1) is 24.5. The lowest BCUT2D eigenvalue weighted by molar-refractivity contribution is -0.113.